The first kappa shape index (κ1) is 12.9. The molecule has 7 atom stereocenters. The highest BCUT2D eigenvalue weighted by molar-refractivity contribution is 5.10. The Morgan fingerprint density at radius 2 is 1.72 bits per heavy atom. The van der Waals surface area contributed by atoms with Crippen molar-refractivity contribution in [3.8, 4) is 0 Å². The second-order valence-electron chi connectivity index (χ2n) is 7.60. The van der Waals surface area contributed by atoms with Gasteiger partial charge in [-0.05, 0) is 45.4 Å². The highest BCUT2D eigenvalue weighted by Crippen LogP contribution is 2.58. The van der Waals surface area contributed by atoms with E-state index in [0.29, 0.717) is 18.3 Å². The van der Waals surface area contributed by atoms with Crippen LogP contribution in [-0.4, -0.2) is 33.6 Å². The number of hydrogen-bond acceptors (Lipinski definition) is 3. The lowest BCUT2D eigenvalue weighted by Gasteiger charge is -2.50. The Hall–Kier alpha value is -0.120. The molecular weight excluding hydrogens is 228 g/mol. The highest BCUT2D eigenvalue weighted by atomic mass is 16.5. The lowest BCUT2D eigenvalue weighted by molar-refractivity contribution is -0.238. The van der Waals surface area contributed by atoms with Gasteiger partial charge in [0.25, 0.3) is 0 Å². The Morgan fingerprint density at radius 3 is 2.33 bits per heavy atom. The fourth-order valence-electron chi connectivity index (χ4n) is 5.26. The summed E-state index contributed by atoms with van der Waals surface area (Å²) in [7, 11) is 0. The van der Waals surface area contributed by atoms with Gasteiger partial charge < -0.3 is 14.9 Å². The van der Waals surface area contributed by atoms with Crippen LogP contribution in [0.4, 0.5) is 0 Å². The van der Waals surface area contributed by atoms with Crippen molar-refractivity contribution in [1.29, 1.82) is 0 Å². The molecule has 18 heavy (non-hydrogen) atoms. The topological polar surface area (TPSA) is 49.7 Å². The molecule has 3 nitrogen and oxygen atoms in total. The normalized spacial score (nSPS) is 58.3. The van der Waals surface area contributed by atoms with Gasteiger partial charge in [0, 0.05) is 18.3 Å². The summed E-state index contributed by atoms with van der Waals surface area (Å²) in [6.45, 7) is 8.52. The molecule has 2 saturated carbocycles. The summed E-state index contributed by atoms with van der Waals surface area (Å²) < 4.78 is 6.37. The highest BCUT2D eigenvalue weighted by Gasteiger charge is 2.61. The van der Waals surface area contributed by atoms with Crippen molar-refractivity contribution in [2.24, 2.45) is 23.7 Å². The van der Waals surface area contributed by atoms with Crippen molar-refractivity contribution >= 4 is 0 Å². The SMILES string of the molecule is CC1CC(O)C2C1CC1C(O)CC2(C)OC1(C)C. The summed E-state index contributed by atoms with van der Waals surface area (Å²) in [6.07, 6.45) is 1.99. The van der Waals surface area contributed by atoms with E-state index in [4.69, 9.17) is 4.74 Å². The van der Waals surface area contributed by atoms with Gasteiger partial charge in [-0.25, -0.2) is 0 Å². The number of hydrogen-bond donors (Lipinski definition) is 2. The smallest absolute Gasteiger partial charge is 0.0742 e. The predicted molar refractivity (Wildman–Crippen MR) is 69.1 cm³/mol. The number of aliphatic hydroxyl groups excluding tert-OH is 2. The van der Waals surface area contributed by atoms with Gasteiger partial charge in [0.1, 0.15) is 0 Å². The van der Waals surface area contributed by atoms with Gasteiger partial charge >= 0.3 is 0 Å². The molecule has 4 fully saturated rings. The third kappa shape index (κ3) is 1.60. The fraction of sp³-hybridized carbons (Fsp3) is 1.00. The maximum atomic E-state index is 10.4. The predicted octanol–water partition coefficient (Wildman–Crippen LogP) is 1.96. The van der Waals surface area contributed by atoms with Crippen LogP contribution in [0.1, 0.15) is 47.0 Å². The lowest BCUT2D eigenvalue weighted by Crippen LogP contribution is -2.56. The minimum absolute atomic E-state index is 0.189. The number of ether oxygens (including phenoxy) is 1. The van der Waals surface area contributed by atoms with Gasteiger partial charge in [-0.15, -0.1) is 0 Å². The molecule has 0 aromatic rings. The maximum absolute atomic E-state index is 10.4. The van der Waals surface area contributed by atoms with Crippen LogP contribution < -0.4 is 0 Å². The summed E-state index contributed by atoms with van der Waals surface area (Å²) >= 11 is 0. The van der Waals surface area contributed by atoms with Gasteiger partial charge in [-0.3, -0.25) is 0 Å². The number of rotatable bonds is 0. The average molecular weight is 254 g/mol. The summed E-state index contributed by atoms with van der Waals surface area (Å²) in [5.41, 5.74) is -0.652. The summed E-state index contributed by atoms with van der Waals surface area (Å²) in [5.74, 6) is 1.42. The minimum atomic E-state index is -0.370. The fourth-order valence-corrected chi connectivity index (χ4v) is 5.26. The molecule has 2 heterocycles. The molecule has 4 rings (SSSR count). The molecule has 2 aliphatic carbocycles. The van der Waals surface area contributed by atoms with E-state index in [0.717, 1.165) is 12.8 Å². The van der Waals surface area contributed by atoms with Crippen molar-refractivity contribution < 1.29 is 14.9 Å². The van der Waals surface area contributed by atoms with Crippen LogP contribution in [-0.2, 0) is 4.74 Å². The van der Waals surface area contributed by atoms with Crippen LogP contribution in [0, 0.1) is 23.7 Å². The van der Waals surface area contributed by atoms with Gasteiger partial charge in [-0.2, -0.15) is 0 Å². The molecule has 4 aliphatic rings. The monoisotopic (exact) mass is 254 g/mol. The quantitative estimate of drug-likeness (QED) is 0.695. The van der Waals surface area contributed by atoms with E-state index in [1.165, 1.54) is 0 Å². The molecule has 3 heteroatoms. The van der Waals surface area contributed by atoms with Crippen molar-refractivity contribution in [3.63, 3.8) is 0 Å². The van der Waals surface area contributed by atoms with Crippen molar-refractivity contribution in [2.75, 3.05) is 0 Å². The molecule has 2 saturated heterocycles. The van der Waals surface area contributed by atoms with Crippen LogP contribution in [0.3, 0.4) is 0 Å². The first-order valence-corrected chi connectivity index (χ1v) is 7.31. The van der Waals surface area contributed by atoms with Gasteiger partial charge in [-0.1, -0.05) is 6.92 Å². The molecule has 2 aliphatic heterocycles. The number of aliphatic hydroxyl groups is 2. The third-order valence-corrected chi connectivity index (χ3v) is 5.92. The van der Waals surface area contributed by atoms with Crippen molar-refractivity contribution in [3.05, 3.63) is 0 Å². The zero-order valence-electron chi connectivity index (χ0n) is 11.9. The van der Waals surface area contributed by atoms with Crippen molar-refractivity contribution in [1.82, 2.24) is 0 Å². The van der Waals surface area contributed by atoms with E-state index in [1.807, 2.05) is 0 Å². The van der Waals surface area contributed by atoms with Gasteiger partial charge in [0.05, 0.1) is 23.4 Å². The molecular formula is C15H26O3. The van der Waals surface area contributed by atoms with Crippen LogP contribution in [0.5, 0.6) is 0 Å². The Labute approximate surface area is 110 Å². The van der Waals surface area contributed by atoms with Crippen LogP contribution >= 0.6 is 0 Å². The average Bonchev–Trinajstić information content (AvgIpc) is 2.35. The van der Waals surface area contributed by atoms with Crippen LogP contribution in [0.2, 0.25) is 0 Å². The van der Waals surface area contributed by atoms with Gasteiger partial charge in [0.2, 0.25) is 0 Å². The summed E-state index contributed by atoms with van der Waals surface area (Å²) in [6, 6.07) is 0. The van der Waals surface area contributed by atoms with Crippen LogP contribution in [0.15, 0.2) is 0 Å². The Kier molecular flexibility index (Phi) is 2.66. The third-order valence-electron chi connectivity index (χ3n) is 5.92. The summed E-state index contributed by atoms with van der Waals surface area (Å²) in [4.78, 5) is 0. The molecule has 2 N–H and O–H groups in total. The summed E-state index contributed by atoms with van der Waals surface area (Å²) in [5, 5.41) is 20.8. The number of fused-ring (bicyclic) bond motifs is 2. The first-order valence-electron chi connectivity index (χ1n) is 7.31. The molecule has 104 valence electrons. The van der Waals surface area contributed by atoms with Crippen molar-refractivity contribution in [2.45, 2.75) is 70.4 Å². The van der Waals surface area contributed by atoms with Gasteiger partial charge in [0.15, 0.2) is 0 Å². The molecule has 2 bridgehead atoms. The molecule has 0 aromatic heterocycles. The Bertz CT molecular complexity index is 354. The molecule has 0 amide bonds. The zero-order valence-corrected chi connectivity index (χ0v) is 11.9. The Morgan fingerprint density at radius 1 is 1.06 bits per heavy atom. The second-order valence-corrected chi connectivity index (χ2v) is 7.60. The molecule has 7 unspecified atom stereocenters. The first-order chi connectivity index (χ1) is 8.24. The molecule has 0 aromatic carbocycles. The standard InChI is InChI=1S/C15H26O3/c1-8-5-11(16)13-9(8)6-10-12(17)7-15(13,4)18-14(10,2)3/h8-13,16-17H,5-7H2,1-4H3. The van der Waals surface area contributed by atoms with E-state index in [2.05, 4.69) is 27.7 Å². The van der Waals surface area contributed by atoms with Crippen LogP contribution in [0.25, 0.3) is 0 Å². The largest absolute Gasteiger partial charge is 0.393 e. The van der Waals surface area contributed by atoms with E-state index in [9.17, 15) is 10.2 Å². The minimum Gasteiger partial charge on any atom is -0.393 e. The molecule has 0 spiro atoms. The second kappa shape index (κ2) is 3.71. The van der Waals surface area contributed by atoms with E-state index < -0.39 is 0 Å². The van der Waals surface area contributed by atoms with E-state index in [-0.39, 0.29) is 35.2 Å². The maximum Gasteiger partial charge on any atom is 0.0742 e. The Balaban J connectivity index is 2.05. The molecule has 0 radical (unpaired) electrons. The van der Waals surface area contributed by atoms with E-state index >= 15 is 0 Å². The van der Waals surface area contributed by atoms with E-state index in [1.54, 1.807) is 0 Å². The zero-order chi connectivity index (χ0) is 13.3. The lowest BCUT2D eigenvalue weighted by atomic mass is 9.76.